The third-order valence-corrected chi connectivity index (χ3v) is 34.5. The minimum absolute atomic E-state index is 0.0567. The van der Waals surface area contributed by atoms with Crippen molar-refractivity contribution in [3.8, 4) is 6.07 Å². The monoisotopic (exact) mass is 1680 g/mol. The molecule has 4 aromatic heterocycles. The summed E-state index contributed by atoms with van der Waals surface area (Å²) in [5.41, 5.74) is 0.520. The first-order valence-electron chi connectivity index (χ1n) is 44.0. The van der Waals surface area contributed by atoms with Crippen LogP contribution in [0.2, 0.25) is 0 Å². The molecule has 4 unspecified atom stereocenters. The molecule has 115 heavy (non-hydrogen) atoms. The number of aliphatic hydroxyl groups is 5. The minimum atomic E-state index is -0.895. The number of hydrogen-bond donors (Lipinski definition) is 9. The van der Waals surface area contributed by atoms with Crippen LogP contribution in [0.15, 0.2) is 85.0 Å². The van der Waals surface area contributed by atoms with E-state index in [1.807, 2.05) is 36.4 Å². The smallest absolute Gasteiger partial charge is 0.345 e. The Balaban J connectivity index is 0.000000175. The highest BCUT2D eigenvalue weighted by molar-refractivity contribution is 7.14. The number of nitrogens with zero attached hydrogens (tertiary/aromatic N) is 2. The number of hydrogen-bond acceptors (Lipinski definition) is 14. The van der Waals surface area contributed by atoms with E-state index in [9.17, 15) is 54.4 Å². The van der Waals surface area contributed by atoms with Gasteiger partial charge in [-0.2, -0.15) is 5.26 Å². The van der Waals surface area contributed by atoms with E-state index < -0.39 is 36.2 Å². The normalized spacial score (nSPS) is 27.7. The predicted octanol–water partition coefficient (Wildman–Crippen LogP) is 23.3. The lowest BCUT2D eigenvalue weighted by molar-refractivity contribution is -0.0440. The van der Waals surface area contributed by atoms with Crippen molar-refractivity contribution in [1.29, 1.82) is 5.26 Å². The predicted molar refractivity (Wildman–Crippen MR) is 463 cm³/mol. The van der Waals surface area contributed by atoms with Crippen molar-refractivity contribution in [3.63, 3.8) is 0 Å². The molecule has 21 heteroatoms. The fraction of sp³-hybridized carbons (Fsp3) is 0.702. The largest absolute Gasteiger partial charge is 0.477 e. The molecule has 0 amide bonds. The molecule has 17 atom stereocenters. The molecule has 4 heterocycles. The lowest BCUT2D eigenvalue weighted by atomic mass is 9.62. The fourth-order valence-corrected chi connectivity index (χ4v) is 24.9. The van der Waals surface area contributed by atoms with Crippen LogP contribution < -0.4 is 0 Å². The van der Waals surface area contributed by atoms with Gasteiger partial charge in [-0.1, -0.05) is 96.3 Å². The zero-order chi connectivity index (χ0) is 82.9. The maximum absolute atomic E-state index is 14.5. The molecule has 8 aliphatic carbocycles. The first-order valence-corrected chi connectivity index (χ1v) is 47.7. The number of aryl methyl sites for hydroxylation is 4. The lowest BCUT2D eigenvalue weighted by Crippen LogP contribution is -2.40. The Morgan fingerprint density at radius 1 is 0.496 bits per heavy atom. The van der Waals surface area contributed by atoms with Gasteiger partial charge in [0.05, 0.1) is 48.4 Å². The van der Waals surface area contributed by atoms with E-state index in [0.29, 0.717) is 68.9 Å². The number of carboxylic acids is 4. The van der Waals surface area contributed by atoms with E-state index in [4.69, 9.17) is 38.6 Å². The number of aliphatic hydroxyl groups excluding tert-OH is 5. The summed E-state index contributed by atoms with van der Waals surface area (Å²) in [4.78, 5) is 53.9. The Labute approximate surface area is 706 Å². The molecule has 0 bridgehead atoms. The second-order valence-electron chi connectivity index (χ2n) is 35.5. The van der Waals surface area contributed by atoms with Crippen molar-refractivity contribution < 1.29 is 69.5 Å². The van der Waals surface area contributed by atoms with Crippen LogP contribution >= 0.6 is 56.9 Å². The molecular formula is C94H134ClFN2O13S4. The molecule has 8 aliphatic rings. The van der Waals surface area contributed by atoms with Crippen LogP contribution in [0, 0.1) is 92.8 Å². The van der Waals surface area contributed by atoms with E-state index in [0.717, 1.165) is 231 Å². The number of carbonyl (C=O) groups is 4. The van der Waals surface area contributed by atoms with Crippen LogP contribution in [0.5, 0.6) is 0 Å². The maximum atomic E-state index is 14.5. The second kappa shape index (κ2) is 45.5. The lowest BCUT2D eigenvalue weighted by Gasteiger charge is -2.45. The molecule has 15 nitrogen and oxygen atoms in total. The van der Waals surface area contributed by atoms with Crippen molar-refractivity contribution in [3.05, 3.63) is 135 Å². The van der Waals surface area contributed by atoms with Gasteiger partial charge in [0.1, 0.15) is 25.7 Å². The van der Waals surface area contributed by atoms with E-state index in [1.54, 1.807) is 24.3 Å². The summed E-state index contributed by atoms with van der Waals surface area (Å²) in [6.07, 6.45) is 51.4. The van der Waals surface area contributed by atoms with Crippen LogP contribution in [-0.2, 0) is 25.7 Å². The third-order valence-electron chi connectivity index (χ3n) is 29.4. The van der Waals surface area contributed by atoms with Crippen LogP contribution in [0.4, 0.5) is 4.39 Å². The number of alkyl halides is 2. The average molecular weight is 1680 g/mol. The van der Waals surface area contributed by atoms with Crippen LogP contribution in [0.25, 0.3) is 4.85 Å². The standard InChI is InChI=1S/C24H33NO4S.C24H33NO3S.C23H33ClO3S.C23H35FO3S/c1-2-24(12-5-13-24)22(27)9-4-8-19-18(16(15-25)14-20(19)26)7-3-6-17-10-11-21(30-17)23(28)29;1-3-24(15-6-16-24)22(26)10-5-9-19-17(11-13-20(19)25-2)7-4-8-18-12-14-21(29-18)23(27)28;2*1-2-23(14-5-15-23)21(25)9-4-8-18-16(10-12-19(18)24)6-3-7-17-11-13-20(28-17)22(26)27/h4,8,10-11,16,18-20,22,26-27H,2-3,5-7,9,12-14H2,1H3,(H,28,29);5,9,12,14,17,19-20,22,26H,3-4,6-8,10-11,13,15-16H2,1H3,(H,27,28);4,8,11,13,16,18-19,21,25H,2-3,5-7,9-10,12,14-15H2,1H3,(H,26,27);11,13,16,18-19,21,25H,2-10,12,14-15H2,1H3,(H,26,27)/b8-4+;9-5+;8-4+;/t16-,18-,19+,20+,22?;17-,19+,20+,22?;2*16-,18+,19+,21?/m0000/s1. The summed E-state index contributed by atoms with van der Waals surface area (Å²) in [7, 11) is 0. The molecular weight excluding hydrogens is 1550 g/mol. The maximum Gasteiger partial charge on any atom is 0.345 e. The van der Waals surface area contributed by atoms with E-state index >= 15 is 0 Å². The van der Waals surface area contributed by atoms with Crippen molar-refractivity contribution in [2.75, 3.05) is 0 Å². The van der Waals surface area contributed by atoms with Gasteiger partial charge in [0.2, 0.25) is 6.04 Å². The first-order chi connectivity index (χ1) is 55.3. The van der Waals surface area contributed by atoms with Crippen LogP contribution in [0.1, 0.15) is 323 Å². The van der Waals surface area contributed by atoms with Gasteiger partial charge in [-0.3, -0.25) is 0 Å². The number of halogens is 2. The van der Waals surface area contributed by atoms with Gasteiger partial charge in [-0.25, -0.2) is 30.1 Å². The minimum Gasteiger partial charge on any atom is -0.477 e. The molecule has 636 valence electrons. The van der Waals surface area contributed by atoms with Crippen molar-refractivity contribution in [2.45, 2.75) is 339 Å². The van der Waals surface area contributed by atoms with Crippen molar-refractivity contribution in [1.82, 2.24) is 0 Å². The number of thiophene rings is 4. The highest BCUT2D eigenvalue weighted by atomic mass is 35.5. The molecule has 0 spiro atoms. The topological polar surface area (TPSA) is 278 Å². The molecule has 0 aromatic carbocycles. The fourth-order valence-electron chi connectivity index (χ4n) is 20.9. The molecule has 12 rings (SSSR count). The molecule has 9 N–H and O–H groups in total. The van der Waals surface area contributed by atoms with E-state index in [2.05, 4.69) is 62.9 Å². The highest BCUT2D eigenvalue weighted by Gasteiger charge is 2.47. The van der Waals surface area contributed by atoms with Gasteiger partial charge in [-0.05, 0) is 330 Å². The Bertz CT molecular complexity index is 3820. The van der Waals surface area contributed by atoms with Crippen LogP contribution in [-0.4, -0.2) is 118 Å². The first kappa shape index (κ1) is 93.8. The Kier molecular flexibility index (Phi) is 37.1. The van der Waals surface area contributed by atoms with Gasteiger partial charge in [0.25, 0.3) is 0 Å². The van der Waals surface area contributed by atoms with E-state index in [-0.39, 0.29) is 87.1 Å². The number of rotatable bonds is 41. The van der Waals surface area contributed by atoms with Crippen LogP contribution in [0.3, 0.4) is 0 Å². The summed E-state index contributed by atoms with van der Waals surface area (Å²) >= 11 is 12.0. The number of aromatic carboxylic acids is 4. The molecule has 8 saturated carbocycles. The second-order valence-corrected chi connectivity index (χ2v) is 40.7. The quantitative estimate of drug-likeness (QED) is 0.0114. The zero-order valence-corrected chi connectivity index (χ0v) is 72.9. The number of carboxylic acid groups (broad SMARTS) is 4. The number of allylic oxidation sites excluding steroid dienone is 1. The van der Waals surface area contributed by atoms with Gasteiger partial charge in [-0.15, -0.1) is 56.9 Å². The molecule has 0 saturated heterocycles. The molecule has 4 aromatic rings. The summed E-state index contributed by atoms with van der Waals surface area (Å²) in [5.74, 6) is -1.18. The average Bonchev–Trinajstić information content (AvgIpc) is 1.70. The highest BCUT2D eigenvalue weighted by Crippen LogP contribution is 2.53. The molecule has 0 aliphatic heterocycles. The van der Waals surface area contributed by atoms with Crippen molar-refractivity contribution >= 4 is 80.8 Å². The summed E-state index contributed by atoms with van der Waals surface area (Å²) in [6, 6.07) is 16.8. The Morgan fingerprint density at radius 3 is 1.21 bits per heavy atom. The Hall–Kier alpha value is -5.10. The zero-order valence-electron chi connectivity index (χ0n) is 68.8. The van der Waals surface area contributed by atoms with Gasteiger partial charge >= 0.3 is 23.9 Å². The number of nitriles is 1. The Morgan fingerprint density at radius 2 is 0.843 bits per heavy atom. The molecule has 0 radical (unpaired) electrons. The summed E-state index contributed by atoms with van der Waals surface area (Å²) in [5, 5.41) is 98.9. The SMILES string of the molecule is CCC1(C(O)C/C=C/[C@@H]2[C@@H](CCCc3ccc(C(=O)O)s3)CC[C@H]2Cl)CCC1.CCC1(C(O)C/C=C/[C@@H]2[C@@H](CCCc3ccc(C(=O)O)s3)[C@H](C#N)C[C@H]2O)CCC1.CCC1(C(O)CCC[C@@H]2[C@@H](CCCc3ccc(C(=O)O)s3)CC[C@H]2F)CCC1.[C-]#[N+][C@@H]1CC[C@H](CCCc2ccc(C(=O)O)s2)[C@H]1/C=C/CC(O)C1(CC)CCC1. The molecule has 8 fully saturated rings. The van der Waals surface area contributed by atoms with E-state index in [1.165, 1.54) is 71.0 Å². The third kappa shape index (κ3) is 25.3. The summed E-state index contributed by atoms with van der Waals surface area (Å²) < 4.78 is 14.5. The van der Waals surface area contributed by atoms with Crippen molar-refractivity contribution in [2.24, 2.45) is 74.9 Å². The van der Waals surface area contributed by atoms with Gasteiger partial charge in [0.15, 0.2) is 0 Å². The van der Waals surface area contributed by atoms with Gasteiger partial charge in [0, 0.05) is 37.2 Å². The summed E-state index contributed by atoms with van der Waals surface area (Å²) in [6.45, 7) is 16.3. The van der Waals surface area contributed by atoms with Gasteiger partial charge < -0.3 is 50.8 Å².